The lowest BCUT2D eigenvalue weighted by Crippen LogP contribution is -2.50. The summed E-state index contributed by atoms with van der Waals surface area (Å²) in [5.74, 6) is -1.43. The summed E-state index contributed by atoms with van der Waals surface area (Å²) in [6, 6.07) is 12.8. The lowest BCUT2D eigenvalue weighted by Gasteiger charge is -2.18. The van der Waals surface area contributed by atoms with Gasteiger partial charge in [-0.1, -0.05) is 26.0 Å². The summed E-state index contributed by atoms with van der Waals surface area (Å²) in [4.78, 5) is 42.0. The number of rotatable bonds is 9. The fourth-order valence-electron chi connectivity index (χ4n) is 4.94. The van der Waals surface area contributed by atoms with Crippen LogP contribution in [0.5, 0.6) is 0 Å². The zero-order chi connectivity index (χ0) is 31.0. The molecule has 2 atom stereocenters. The van der Waals surface area contributed by atoms with Crippen molar-refractivity contribution in [1.29, 1.82) is 0 Å². The van der Waals surface area contributed by atoms with Gasteiger partial charge in [-0.3, -0.25) is 14.4 Å². The van der Waals surface area contributed by atoms with Crippen molar-refractivity contribution >= 4 is 33.8 Å². The fraction of sp³-hybridized carbons (Fsp3) is 0.250. The molecule has 222 valence electrons. The third-order valence-corrected chi connectivity index (χ3v) is 7.11. The van der Waals surface area contributed by atoms with Gasteiger partial charge in [0.15, 0.2) is 5.43 Å². The molecule has 2 amide bonds. The summed E-state index contributed by atoms with van der Waals surface area (Å²) in [5.41, 5.74) is 7.22. The minimum absolute atomic E-state index is 0.0345. The van der Waals surface area contributed by atoms with Crippen LogP contribution in [0.4, 0.5) is 8.78 Å². The molecule has 0 fully saturated rings. The van der Waals surface area contributed by atoms with Crippen LogP contribution in [-0.4, -0.2) is 38.6 Å². The molecule has 5 rings (SSSR count). The number of amides is 2. The van der Waals surface area contributed by atoms with Gasteiger partial charge in [0, 0.05) is 35.2 Å². The number of carbonyl (C=O) groups excluding carboxylic acids is 2. The predicted molar refractivity (Wildman–Crippen MR) is 157 cm³/mol. The normalized spacial score (nSPS) is 13.0. The highest BCUT2D eigenvalue weighted by Gasteiger charge is 2.24. The van der Waals surface area contributed by atoms with Crippen molar-refractivity contribution < 1.29 is 27.9 Å². The van der Waals surface area contributed by atoms with Crippen LogP contribution < -0.4 is 16.5 Å². The van der Waals surface area contributed by atoms with E-state index in [0.717, 1.165) is 18.2 Å². The molecule has 0 radical (unpaired) electrons. The summed E-state index contributed by atoms with van der Waals surface area (Å²) in [6.07, 6.45) is -0.601. The number of primary amides is 1. The van der Waals surface area contributed by atoms with Crippen molar-refractivity contribution in [2.75, 3.05) is 0 Å². The van der Waals surface area contributed by atoms with Gasteiger partial charge in [0.25, 0.3) is 5.91 Å². The van der Waals surface area contributed by atoms with Gasteiger partial charge in [0.1, 0.15) is 34.8 Å². The van der Waals surface area contributed by atoms with E-state index in [1.165, 1.54) is 25.1 Å². The van der Waals surface area contributed by atoms with Gasteiger partial charge in [-0.2, -0.15) is 0 Å². The van der Waals surface area contributed by atoms with Crippen molar-refractivity contribution in [1.82, 2.24) is 14.9 Å². The first kappa shape index (κ1) is 29.6. The molecule has 0 unspecified atom stereocenters. The molecule has 0 saturated heterocycles. The Morgan fingerprint density at radius 1 is 1.05 bits per heavy atom. The topological polar surface area (TPSA) is 140 Å². The molecule has 0 aliphatic carbocycles. The van der Waals surface area contributed by atoms with Crippen LogP contribution >= 0.6 is 0 Å². The number of nitrogens with two attached hydrogens (primary N) is 1. The molecule has 0 bridgehead atoms. The number of hydrogen-bond acceptors (Lipinski definition) is 6. The number of aromatic nitrogens is 2. The Balaban J connectivity index is 1.54. The van der Waals surface area contributed by atoms with E-state index < -0.39 is 35.6 Å². The Kier molecular flexibility index (Phi) is 8.10. The van der Waals surface area contributed by atoms with E-state index in [2.05, 4.69) is 5.32 Å². The van der Waals surface area contributed by atoms with Gasteiger partial charge >= 0.3 is 0 Å². The summed E-state index contributed by atoms with van der Waals surface area (Å²) in [7, 11) is 0. The maximum atomic E-state index is 14.6. The first-order valence-corrected chi connectivity index (χ1v) is 13.7. The second-order valence-corrected chi connectivity index (χ2v) is 10.9. The molecule has 5 aromatic rings. The summed E-state index contributed by atoms with van der Waals surface area (Å²) < 4.78 is 36.5. The number of benzene rings is 3. The average Bonchev–Trinajstić information content (AvgIpc) is 3.27. The third kappa shape index (κ3) is 6.17. The molecular weight excluding hydrogens is 558 g/mol. The molecule has 0 aliphatic rings. The van der Waals surface area contributed by atoms with Gasteiger partial charge < -0.3 is 25.1 Å². The fourth-order valence-corrected chi connectivity index (χ4v) is 4.94. The molecule has 0 spiro atoms. The highest BCUT2D eigenvalue weighted by Crippen LogP contribution is 2.28. The van der Waals surface area contributed by atoms with Crippen LogP contribution in [0.25, 0.3) is 33.3 Å². The number of carbonyl (C=O) groups is 2. The maximum absolute atomic E-state index is 14.6. The number of nitrogens with zero attached hydrogens (tertiary/aromatic N) is 2. The molecule has 11 heteroatoms. The first-order chi connectivity index (χ1) is 20.4. The maximum Gasteiger partial charge on any atom is 0.252 e. The largest absolute Gasteiger partial charge is 0.456 e. The Morgan fingerprint density at radius 2 is 1.77 bits per heavy atom. The Bertz CT molecular complexity index is 1910. The zero-order valence-corrected chi connectivity index (χ0v) is 23.7. The highest BCUT2D eigenvalue weighted by atomic mass is 19.1. The number of fused-ring (bicyclic) bond motifs is 2. The summed E-state index contributed by atoms with van der Waals surface area (Å²) >= 11 is 0. The van der Waals surface area contributed by atoms with Crippen LogP contribution in [0.15, 0.2) is 69.9 Å². The molecule has 0 aliphatic heterocycles. The number of halogens is 2. The van der Waals surface area contributed by atoms with Crippen LogP contribution in [0, 0.1) is 17.6 Å². The lowest BCUT2D eigenvalue weighted by atomic mass is 10.1. The second kappa shape index (κ2) is 11.8. The van der Waals surface area contributed by atoms with Crippen LogP contribution in [0.2, 0.25) is 0 Å². The smallest absolute Gasteiger partial charge is 0.252 e. The molecule has 43 heavy (non-hydrogen) atoms. The monoisotopic (exact) mass is 588 g/mol. The molecule has 0 saturated carbocycles. The second-order valence-electron chi connectivity index (χ2n) is 10.9. The van der Waals surface area contributed by atoms with Crippen molar-refractivity contribution in [3.05, 3.63) is 99.5 Å². The molecular formula is C32H30F2N4O5. The van der Waals surface area contributed by atoms with Gasteiger partial charge in [0.05, 0.1) is 29.1 Å². The zero-order valence-electron chi connectivity index (χ0n) is 23.7. The van der Waals surface area contributed by atoms with Crippen LogP contribution in [0.3, 0.4) is 0 Å². The predicted octanol–water partition coefficient (Wildman–Crippen LogP) is 4.30. The van der Waals surface area contributed by atoms with Crippen molar-refractivity contribution in [2.45, 2.75) is 45.9 Å². The quantitative estimate of drug-likeness (QED) is 0.235. The molecule has 9 nitrogen and oxygen atoms in total. The highest BCUT2D eigenvalue weighted by molar-refractivity contribution is 5.98. The van der Waals surface area contributed by atoms with Crippen LogP contribution in [0.1, 0.15) is 42.5 Å². The Hall–Kier alpha value is -4.90. The molecule has 4 N–H and O–H groups in total. The minimum Gasteiger partial charge on any atom is -0.456 e. The standard InChI is InChI=1S/C32H30F2N4O5/c1-16(2)10-29-36-24-12-22-26(40)14-27(18-4-6-19(7-5-18)32(42)37-30(17(3)39)31(35)41)43-28(22)13-25(24)38(29)15-20-11-21(33)8-9-23(20)34/h4-9,11-14,16-17,30,39H,10,15H2,1-3H3,(H2,35,41)(H,37,42)/t17-,30+/m1/s1. The number of imidazole rings is 1. The minimum atomic E-state index is -1.26. The summed E-state index contributed by atoms with van der Waals surface area (Å²) in [6.45, 7) is 5.43. The summed E-state index contributed by atoms with van der Waals surface area (Å²) in [5, 5.41) is 12.4. The van der Waals surface area contributed by atoms with E-state index in [1.807, 2.05) is 13.8 Å². The first-order valence-electron chi connectivity index (χ1n) is 13.7. The Morgan fingerprint density at radius 3 is 2.42 bits per heavy atom. The number of aliphatic hydroxyl groups excluding tert-OH is 1. The molecule has 2 aromatic heterocycles. The van der Waals surface area contributed by atoms with Gasteiger partial charge in [-0.15, -0.1) is 0 Å². The number of nitrogens with one attached hydrogen (secondary N) is 1. The molecule has 2 heterocycles. The van der Waals surface area contributed by atoms with Crippen molar-refractivity contribution in [3.8, 4) is 11.3 Å². The Labute approximate surface area is 245 Å². The SMILES string of the molecule is CC(C)Cc1nc2cc3c(=O)cc(-c4ccc(C(=O)N[C@H](C(N)=O)[C@@H](C)O)cc4)oc3cc2n1Cc1cc(F)ccc1F. The van der Waals surface area contributed by atoms with E-state index in [9.17, 15) is 28.3 Å². The van der Waals surface area contributed by atoms with E-state index in [1.54, 1.807) is 28.8 Å². The van der Waals surface area contributed by atoms with E-state index in [4.69, 9.17) is 15.1 Å². The number of aliphatic hydroxyl groups is 1. The third-order valence-electron chi connectivity index (χ3n) is 7.11. The van der Waals surface area contributed by atoms with Crippen molar-refractivity contribution in [2.24, 2.45) is 11.7 Å². The molecule has 3 aromatic carbocycles. The van der Waals surface area contributed by atoms with E-state index in [0.29, 0.717) is 34.2 Å². The van der Waals surface area contributed by atoms with E-state index >= 15 is 0 Å². The van der Waals surface area contributed by atoms with Gasteiger partial charge in [0.2, 0.25) is 5.91 Å². The number of hydrogen-bond donors (Lipinski definition) is 3. The van der Waals surface area contributed by atoms with E-state index in [-0.39, 0.29) is 40.4 Å². The van der Waals surface area contributed by atoms with Gasteiger partial charge in [-0.25, -0.2) is 13.8 Å². The lowest BCUT2D eigenvalue weighted by molar-refractivity contribution is -0.122. The average molecular weight is 589 g/mol. The van der Waals surface area contributed by atoms with Crippen molar-refractivity contribution in [3.63, 3.8) is 0 Å². The van der Waals surface area contributed by atoms with Crippen LogP contribution in [-0.2, 0) is 17.8 Å². The van der Waals surface area contributed by atoms with Gasteiger partial charge in [-0.05, 0) is 49.2 Å².